The smallest absolute Gasteiger partial charge is 0.310 e. The van der Waals surface area contributed by atoms with Crippen LogP contribution in [0.3, 0.4) is 0 Å². The monoisotopic (exact) mass is 299 g/mol. The minimum absolute atomic E-state index is 0.108. The highest BCUT2D eigenvalue weighted by atomic mass is 79.9. The number of carbonyl (C=O) groups is 2. The van der Waals surface area contributed by atoms with Crippen LogP contribution in [0.5, 0.6) is 5.75 Å². The van der Waals surface area contributed by atoms with Crippen LogP contribution in [0, 0.1) is 5.92 Å². The van der Waals surface area contributed by atoms with Gasteiger partial charge in [-0.05, 0) is 18.2 Å². The van der Waals surface area contributed by atoms with Gasteiger partial charge in [0.15, 0.2) is 0 Å². The molecule has 90 valence electrons. The number of amides is 1. The van der Waals surface area contributed by atoms with Crippen molar-refractivity contribution in [1.29, 1.82) is 0 Å². The van der Waals surface area contributed by atoms with E-state index in [1.54, 1.807) is 6.07 Å². The van der Waals surface area contributed by atoms with Crippen LogP contribution in [0.1, 0.15) is 10.4 Å². The maximum absolute atomic E-state index is 11.9. The Kier molecular flexibility index (Phi) is 3.06. The number of hydrogen-bond donors (Lipinski definition) is 2. The summed E-state index contributed by atoms with van der Waals surface area (Å²) in [6.07, 6.45) is 0. The molecule has 0 atom stereocenters. The number of likely N-dealkylation sites (tertiary alicyclic amines) is 1. The lowest BCUT2D eigenvalue weighted by molar-refractivity contribution is -0.146. The highest BCUT2D eigenvalue weighted by molar-refractivity contribution is 9.10. The number of halogens is 1. The Labute approximate surface area is 106 Å². The number of phenols is 1. The van der Waals surface area contributed by atoms with Crippen molar-refractivity contribution in [3.8, 4) is 5.75 Å². The zero-order chi connectivity index (χ0) is 12.6. The third kappa shape index (κ3) is 2.26. The number of carboxylic acid groups (broad SMARTS) is 1. The molecule has 1 heterocycles. The molecular weight excluding hydrogens is 290 g/mol. The second-order valence-electron chi connectivity index (χ2n) is 3.91. The summed E-state index contributed by atoms with van der Waals surface area (Å²) < 4.78 is 0.679. The molecule has 0 radical (unpaired) electrons. The SMILES string of the molecule is O=C(O)C1CN(C(=O)c2ccc(Br)cc2O)C1. The molecule has 0 bridgehead atoms. The first-order chi connectivity index (χ1) is 7.99. The summed E-state index contributed by atoms with van der Waals surface area (Å²) in [6, 6.07) is 4.60. The number of aliphatic carboxylic acids is 1. The van der Waals surface area contributed by atoms with Crippen LogP contribution in [-0.4, -0.2) is 40.1 Å². The minimum atomic E-state index is -0.894. The molecule has 0 aromatic heterocycles. The van der Waals surface area contributed by atoms with E-state index >= 15 is 0 Å². The molecule has 0 aliphatic carbocycles. The number of rotatable bonds is 2. The zero-order valence-corrected chi connectivity index (χ0v) is 10.3. The summed E-state index contributed by atoms with van der Waals surface area (Å²) in [5, 5.41) is 18.3. The van der Waals surface area contributed by atoms with Gasteiger partial charge >= 0.3 is 5.97 Å². The molecule has 2 rings (SSSR count). The van der Waals surface area contributed by atoms with Crippen molar-refractivity contribution in [1.82, 2.24) is 4.90 Å². The number of benzene rings is 1. The summed E-state index contributed by atoms with van der Waals surface area (Å²) in [5.41, 5.74) is 0.192. The number of nitrogens with zero attached hydrogens (tertiary/aromatic N) is 1. The van der Waals surface area contributed by atoms with Crippen LogP contribution in [0.15, 0.2) is 22.7 Å². The normalized spacial score (nSPS) is 15.5. The Bertz CT molecular complexity index is 482. The quantitative estimate of drug-likeness (QED) is 0.863. The van der Waals surface area contributed by atoms with Crippen LogP contribution in [-0.2, 0) is 4.79 Å². The van der Waals surface area contributed by atoms with E-state index in [0.29, 0.717) is 4.47 Å². The summed E-state index contributed by atoms with van der Waals surface area (Å²) in [7, 11) is 0. The van der Waals surface area contributed by atoms with E-state index in [9.17, 15) is 14.7 Å². The van der Waals surface area contributed by atoms with E-state index in [2.05, 4.69) is 15.9 Å². The topological polar surface area (TPSA) is 77.8 Å². The largest absolute Gasteiger partial charge is 0.507 e. The van der Waals surface area contributed by atoms with Gasteiger partial charge in [-0.15, -0.1) is 0 Å². The lowest BCUT2D eigenvalue weighted by Gasteiger charge is -2.36. The van der Waals surface area contributed by atoms with Crippen molar-refractivity contribution in [2.45, 2.75) is 0 Å². The van der Waals surface area contributed by atoms with E-state index < -0.39 is 11.9 Å². The second kappa shape index (κ2) is 4.37. The summed E-state index contributed by atoms with van der Waals surface area (Å²) >= 11 is 3.18. The van der Waals surface area contributed by atoms with Crippen molar-refractivity contribution in [3.05, 3.63) is 28.2 Å². The molecule has 5 nitrogen and oxygen atoms in total. The van der Waals surface area contributed by atoms with E-state index in [4.69, 9.17) is 5.11 Å². The molecule has 1 aliphatic heterocycles. The predicted molar refractivity (Wildman–Crippen MR) is 62.8 cm³/mol. The third-order valence-electron chi connectivity index (χ3n) is 2.71. The molecule has 2 N–H and O–H groups in total. The number of hydrogen-bond acceptors (Lipinski definition) is 3. The Morgan fingerprint density at radius 3 is 2.53 bits per heavy atom. The van der Waals surface area contributed by atoms with Gasteiger partial charge < -0.3 is 15.1 Å². The van der Waals surface area contributed by atoms with Gasteiger partial charge in [0.1, 0.15) is 5.75 Å². The molecule has 1 aromatic carbocycles. The van der Waals surface area contributed by atoms with Crippen LogP contribution in [0.4, 0.5) is 0 Å². The third-order valence-corrected chi connectivity index (χ3v) is 3.20. The first-order valence-corrected chi connectivity index (χ1v) is 5.79. The van der Waals surface area contributed by atoms with Gasteiger partial charge in [-0.25, -0.2) is 0 Å². The molecule has 1 saturated heterocycles. The molecule has 0 spiro atoms. The van der Waals surface area contributed by atoms with Gasteiger partial charge in [-0.1, -0.05) is 15.9 Å². The van der Waals surface area contributed by atoms with Crippen LogP contribution >= 0.6 is 15.9 Å². The Hall–Kier alpha value is -1.56. The van der Waals surface area contributed by atoms with Crippen LogP contribution < -0.4 is 0 Å². The van der Waals surface area contributed by atoms with E-state index in [-0.39, 0.29) is 30.3 Å². The predicted octanol–water partition coefficient (Wildman–Crippen LogP) is 1.31. The fraction of sp³-hybridized carbons (Fsp3) is 0.273. The molecule has 1 aliphatic rings. The highest BCUT2D eigenvalue weighted by Crippen LogP contribution is 2.26. The lowest BCUT2D eigenvalue weighted by Crippen LogP contribution is -2.53. The number of carbonyl (C=O) groups excluding carboxylic acids is 1. The molecule has 0 saturated carbocycles. The van der Waals surface area contributed by atoms with Crippen molar-refractivity contribution < 1.29 is 19.8 Å². The van der Waals surface area contributed by atoms with Gasteiger partial charge in [0, 0.05) is 17.6 Å². The molecule has 0 unspecified atom stereocenters. The zero-order valence-electron chi connectivity index (χ0n) is 8.76. The van der Waals surface area contributed by atoms with Crippen molar-refractivity contribution in [2.75, 3.05) is 13.1 Å². The molecule has 1 fully saturated rings. The molecule has 6 heteroatoms. The first kappa shape index (κ1) is 11.9. The number of aromatic hydroxyl groups is 1. The average Bonchev–Trinajstić information content (AvgIpc) is 2.13. The standard InChI is InChI=1S/C11H10BrNO4/c12-7-1-2-8(9(14)3-7)10(15)13-4-6(5-13)11(16)17/h1-3,6,14H,4-5H2,(H,16,17). The number of phenolic OH excluding ortho intramolecular Hbond substituents is 1. The Morgan fingerprint density at radius 1 is 1.35 bits per heavy atom. The van der Waals surface area contributed by atoms with Crippen LogP contribution in [0.25, 0.3) is 0 Å². The van der Waals surface area contributed by atoms with Crippen molar-refractivity contribution >= 4 is 27.8 Å². The first-order valence-electron chi connectivity index (χ1n) is 4.99. The number of carboxylic acids is 1. The van der Waals surface area contributed by atoms with Gasteiger partial charge in [0.25, 0.3) is 5.91 Å². The lowest BCUT2D eigenvalue weighted by atomic mass is 9.99. The van der Waals surface area contributed by atoms with E-state index in [1.807, 2.05) is 0 Å². The minimum Gasteiger partial charge on any atom is -0.507 e. The molecular formula is C11H10BrNO4. The van der Waals surface area contributed by atoms with E-state index in [1.165, 1.54) is 17.0 Å². The average molecular weight is 300 g/mol. The van der Waals surface area contributed by atoms with Crippen molar-refractivity contribution in [2.24, 2.45) is 5.92 Å². The fourth-order valence-corrected chi connectivity index (χ4v) is 2.01. The van der Waals surface area contributed by atoms with Gasteiger partial charge in [-0.3, -0.25) is 9.59 Å². The summed E-state index contributed by atoms with van der Waals surface area (Å²) in [4.78, 5) is 23.9. The maximum atomic E-state index is 11.9. The van der Waals surface area contributed by atoms with Gasteiger partial charge in [0.2, 0.25) is 0 Å². The van der Waals surface area contributed by atoms with E-state index in [0.717, 1.165) is 0 Å². The van der Waals surface area contributed by atoms with Crippen molar-refractivity contribution in [3.63, 3.8) is 0 Å². The second-order valence-corrected chi connectivity index (χ2v) is 4.82. The summed E-state index contributed by atoms with van der Waals surface area (Å²) in [5.74, 6) is -1.83. The molecule has 1 amide bonds. The van der Waals surface area contributed by atoms with Gasteiger partial charge in [0.05, 0.1) is 11.5 Å². The highest BCUT2D eigenvalue weighted by Gasteiger charge is 2.36. The molecule has 17 heavy (non-hydrogen) atoms. The maximum Gasteiger partial charge on any atom is 0.310 e. The summed E-state index contributed by atoms with van der Waals surface area (Å²) in [6.45, 7) is 0.396. The Morgan fingerprint density at radius 2 is 2.00 bits per heavy atom. The molecule has 1 aromatic rings. The fourth-order valence-electron chi connectivity index (χ4n) is 1.66. The Balaban J connectivity index is 2.09. The van der Waals surface area contributed by atoms with Crippen LogP contribution in [0.2, 0.25) is 0 Å². The van der Waals surface area contributed by atoms with Gasteiger partial charge in [-0.2, -0.15) is 0 Å².